The molecule has 0 fully saturated rings. The van der Waals surface area contributed by atoms with E-state index in [4.69, 9.17) is 6.42 Å². The van der Waals surface area contributed by atoms with Crippen molar-refractivity contribution in [2.45, 2.75) is 6.92 Å². The molecule has 0 rings (SSSR count). The number of hydrogen-bond donors (Lipinski definition) is 2. The van der Waals surface area contributed by atoms with Gasteiger partial charge in [-0.25, -0.2) is 13.1 Å². The fourth-order valence-corrected chi connectivity index (χ4v) is 1.47. The molecule has 0 radical (unpaired) electrons. The fourth-order valence-electron chi connectivity index (χ4n) is 0.607. The van der Waals surface area contributed by atoms with Crippen LogP contribution in [0.2, 0.25) is 0 Å². The molecule has 0 heterocycles. The molecule has 0 amide bonds. The predicted molar refractivity (Wildman–Crippen MR) is 49.2 cm³/mol. The highest BCUT2D eigenvalue weighted by Crippen LogP contribution is 1.80. The van der Waals surface area contributed by atoms with Crippen molar-refractivity contribution in [3.63, 3.8) is 0 Å². The van der Waals surface area contributed by atoms with Crippen molar-refractivity contribution in [2.75, 3.05) is 25.4 Å². The Morgan fingerprint density at radius 2 is 2.17 bits per heavy atom. The minimum absolute atomic E-state index is 0.0639. The van der Waals surface area contributed by atoms with Gasteiger partial charge in [-0.3, -0.25) is 0 Å². The highest BCUT2D eigenvalue weighted by Gasteiger charge is 2.06. The van der Waals surface area contributed by atoms with Crippen molar-refractivity contribution in [3.05, 3.63) is 0 Å². The summed E-state index contributed by atoms with van der Waals surface area (Å²) < 4.78 is 24.3. The van der Waals surface area contributed by atoms with E-state index in [2.05, 4.69) is 16.0 Å². The quantitative estimate of drug-likeness (QED) is 0.423. The van der Waals surface area contributed by atoms with Gasteiger partial charge in [-0.15, -0.1) is 6.42 Å². The van der Waals surface area contributed by atoms with Gasteiger partial charge < -0.3 is 5.32 Å². The lowest BCUT2D eigenvalue weighted by molar-refractivity contribution is 0.582. The van der Waals surface area contributed by atoms with Gasteiger partial charge in [-0.2, -0.15) is 0 Å². The monoisotopic (exact) mass is 190 g/mol. The van der Waals surface area contributed by atoms with E-state index < -0.39 is 10.0 Å². The molecule has 0 aliphatic heterocycles. The van der Waals surface area contributed by atoms with Crippen LogP contribution in [0.15, 0.2) is 0 Å². The summed E-state index contributed by atoms with van der Waals surface area (Å²) in [5.41, 5.74) is 0. The van der Waals surface area contributed by atoms with Crippen molar-refractivity contribution in [3.8, 4) is 12.3 Å². The van der Waals surface area contributed by atoms with E-state index in [1.165, 1.54) is 0 Å². The molecule has 0 aromatic heterocycles. The van der Waals surface area contributed by atoms with Crippen molar-refractivity contribution in [1.82, 2.24) is 10.0 Å². The Bertz CT molecular complexity index is 241. The van der Waals surface area contributed by atoms with Gasteiger partial charge in [0, 0.05) is 6.54 Å². The van der Waals surface area contributed by atoms with Gasteiger partial charge >= 0.3 is 0 Å². The van der Waals surface area contributed by atoms with Crippen LogP contribution in [0.25, 0.3) is 0 Å². The number of terminal acetylenes is 1. The Morgan fingerprint density at radius 1 is 1.50 bits per heavy atom. The maximum absolute atomic E-state index is 11.0. The molecule has 0 atom stereocenters. The summed E-state index contributed by atoms with van der Waals surface area (Å²) in [7, 11) is -3.17. The SMILES string of the molecule is C#CCNS(=O)(=O)CCNCC. The molecule has 0 unspecified atom stereocenters. The van der Waals surface area contributed by atoms with Gasteiger partial charge in [0.15, 0.2) is 0 Å². The van der Waals surface area contributed by atoms with Crippen LogP contribution in [0, 0.1) is 12.3 Å². The number of sulfonamides is 1. The summed E-state index contributed by atoms with van der Waals surface area (Å²) in [5, 5.41) is 2.91. The maximum Gasteiger partial charge on any atom is 0.213 e. The number of rotatable bonds is 6. The number of hydrogen-bond acceptors (Lipinski definition) is 3. The molecular weight excluding hydrogens is 176 g/mol. The molecule has 0 aliphatic carbocycles. The van der Waals surface area contributed by atoms with Crippen LogP contribution in [0.4, 0.5) is 0 Å². The van der Waals surface area contributed by atoms with Gasteiger partial charge in [-0.05, 0) is 6.54 Å². The van der Waals surface area contributed by atoms with Gasteiger partial charge in [0.25, 0.3) is 0 Å². The third kappa shape index (κ3) is 6.16. The lowest BCUT2D eigenvalue weighted by Crippen LogP contribution is -2.32. The van der Waals surface area contributed by atoms with Crippen LogP contribution in [-0.4, -0.2) is 33.8 Å². The first-order valence-electron chi connectivity index (χ1n) is 3.74. The van der Waals surface area contributed by atoms with Gasteiger partial charge in [0.05, 0.1) is 12.3 Å². The molecule has 0 spiro atoms. The smallest absolute Gasteiger partial charge is 0.213 e. The molecule has 70 valence electrons. The highest BCUT2D eigenvalue weighted by atomic mass is 32.2. The molecule has 4 nitrogen and oxygen atoms in total. The molecule has 0 saturated heterocycles. The maximum atomic E-state index is 11.0. The van der Waals surface area contributed by atoms with E-state index in [0.717, 1.165) is 6.54 Å². The minimum Gasteiger partial charge on any atom is -0.316 e. The fraction of sp³-hybridized carbons (Fsp3) is 0.714. The Kier molecular flexibility index (Phi) is 5.72. The minimum atomic E-state index is -3.17. The standard InChI is InChI=1S/C7H14N2O2S/c1-3-5-9-12(10,11)7-6-8-4-2/h1,8-9H,4-7H2,2H3. The van der Waals surface area contributed by atoms with Gasteiger partial charge in [-0.1, -0.05) is 12.8 Å². The van der Waals surface area contributed by atoms with Gasteiger partial charge in [0.1, 0.15) is 0 Å². The summed E-state index contributed by atoms with van der Waals surface area (Å²) in [6.07, 6.45) is 4.90. The van der Waals surface area contributed by atoms with E-state index in [9.17, 15) is 8.42 Å². The zero-order valence-electron chi connectivity index (χ0n) is 7.13. The lowest BCUT2D eigenvalue weighted by atomic mass is 10.7. The predicted octanol–water partition coefficient (Wildman–Crippen LogP) is -0.851. The van der Waals surface area contributed by atoms with Crippen LogP contribution in [0.3, 0.4) is 0 Å². The summed E-state index contributed by atoms with van der Waals surface area (Å²) in [5.74, 6) is 2.28. The molecule has 0 aromatic rings. The summed E-state index contributed by atoms with van der Waals surface area (Å²) in [4.78, 5) is 0. The van der Waals surface area contributed by atoms with Crippen LogP contribution >= 0.6 is 0 Å². The van der Waals surface area contributed by atoms with Crippen LogP contribution in [0.5, 0.6) is 0 Å². The zero-order valence-corrected chi connectivity index (χ0v) is 7.95. The summed E-state index contributed by atoms with van der Waals surface area (Å²) in [6.45, 7) is 3.21. The van der Waals surface area contributed by atoms with Crippen LogP contribution < -0.4 is 10.0 Å². The Balaban J connectivity index is 3.67. The second-order valence-electron chi connectivity index (χ2n) is 2.20. The van der Waals surface area contributed by atoms with E-state index >= 15 is 0 Å². The molecule has 0 saturated carbocycles. The first kappa shape index (κ1) is 11.4. The van der Waals surface area contributed by atoms with E-state index in [-0.39, 0.29) is 12.3 Å². The lowest BCUT2D eigenvalue weighted by Gasteiger charge is -2.03. The molecule has 0 aliphatic rings. The van der Waals surface area contributed by atoms with Crippen LogP contribution in [0.1, 0.15) is 6.92 Å². The molecule has 2 N–H and O–H groups in total. The Labute approximate surface area is 73.8 Å². The second-order valence-corrected chi connectivity index (χ2v) is 4.12. The first-order chi connectivity index (χ1) is 5.62. The summed E-state index contributed by atoms with van der Waals surface area (Å²) in [6, 6.07) is 0. The van der Waals surface area contributed by atoms with Crippen molar-refractivity contribution < 1.29 is 8.42 Å². The molecule has 0 aromatic carbocycles. The molecule has 5 heteroatoms. The van der Waals surface area contributed by atoms with Crippen LogP contribution in [-0.2, 0) is 10.0 Å². The number of nitrogens with one attached hydrogen (secondary N) is 2. The highest BCUT2D eigenvalue weighted by molar-refractivity contribution is 7.89. The third-order valence-electron chi connectivity index (χ3n) is 1.19. The first-order valence-corrected chi connectivity index (χ1v) is 5.39. The van der Waals surface area contributed by atoms with E-state index in [1.54, 1.807) is 0 Å². The van der Waals surface area contributed by atoms with Gasteiger partial charge in [0.2, 0.25) is 10.0 Å². The van der Waals surface area contributed by atoms with E-state index in [0.29, 0.717) is 6.54 Å². The third-order valence-corrected chi connectivity index (χ3v) is 2.52. The average Bonchev–Trinajstić information content (AvgIpc) is 2.01. The van der Waals surface area contributed by atoms with Crippen molar-refractivity contribution in [1.29, 1.82) is 0 Å². The van der Waals surface area contributed by atoms with E-state index in [1.807, 2.05) is 6.92 Å². The molecular formula is C7H14N2O2S. The Hall–Kier alpha value is -0.570. The topological polar surface area (TPSA) is 58.2 Å². The molecule has 12 heavy (non-hydrogen) atoms. The largest absolute Gasteiger partial charge is 0.316 e. The van der Waals surface area contributed by atoms with Crippen molar-refractivity contribution >= 4 is 10.0 Å². The summed E-state index contributed by atoms with van der Waals surface area (Å²) >= 11 is 0. The normalized spacial score (nSPS) is 11.0. The Morgan fingerprint density at radius 3 is 2.67 bits per heavy atom. The average molecular weight is 190 g/mol. The zero-order chi connectivity index (χ0) is 9.45. The van der Waals surface area contributed by atoms with Crippen molar-refractivity contribution in [2.24, 2.45) is 0 Å². The second kappa shape index (κ2) is 6.00. The molecule has 0 bridgehead atoms.